The molecule has 0 aliphatic rings. The van der Waals surface area contributed by atoms with Crippen molar-refractivity contribution >= 4 is 254 Å². The lowest BCUT2D eigenvalue weighted by Crippen LogP contribution is -2.18. The van der Waals surface area contributed by atoms with Crippen molar-refractivity contribution in [3.8, 4) is 0 Å². The van der Waals surface area contributed by atoms with Gasteiger partial charge in [0.1, 0.15) is 0 Å². The van der Waals surface area contributed by atoms with Gasteiger partial charge in [0.25, 0.3) is 20.1 Å². The van der Waals surface area contributed by atoms with Crippen LogP contribution >= 0.6 is 214 Å². The summed E-state index contributed by atoms with van der Waals surface area (Å²) < 4.78 is 0. The van der Waals surface area contributed by atoms with Crippen molar-refractivity contribution in [3.63, 3.8) is 0 Å². The fraction of sp³-hybridized carbons (Fsp3) is 1.00. The smallest absolute Gasteiger partial charge is 0.146 e. The molecule has 0 fully saturated rings. The second-order valence-electron chi connectivity index (χ2n) is 11.6. The highest BCUT2D eigenvalue weighted by Gasteiger charge is 2.27. The molecule has 0 atom stereocenters. The monoisotopic (exact) mass is 1200 g/mol. The molecule has 0 unspecified atom stereocenters. The molecule has 0 saturated heterocycles. The zero-order chi connectivity index (χ0) is 41.8. The second-order valence-corrected chi connectivity index (χ2v) is 62.6. The summed E-state index contributed by atoms with van der Waals surface area (Å²) in [5, 5.41) is 0. The van der Waals surface area contributed by atoms with Crippen LogP contribution in [0, 0.1) is 0 Å². The maximum Gasteiger partial charge on any atom is 0.262 e. The lowest BCUT2D eigenvalue weighted by atomic mass is 10.4. The van der Waals surface area contributed by atoms with Gasteiger partial charge in [-0.05, 0) is 101 Å². The van der Waals surface area contributed by atoms with Gasteiger partial charge in [-0.1, -0.05) is 19.8 Å². The Bertz CT molecular complexity index is 680. The number of halogens is 19. The molecule has 318 valence electrons. The fourth-order valence-electron chi connectivity index (χ4n) is 2.67. The van der Waals surface area contributed by atoms with E-state index in [2.05, 4.69) is 6.92 Å². The summed E-state index contributed by atoms with van der Waals surface area (Å²) in [6.45, 7) is -1.64. The molecule has 0 amide bonds. The first-order valence-electron chi connectivity index (χ1n) is 16.2. The van der Waals surface area contributed by atoms with Crippen LogP contribution in [-0.2, 0) is 0 Å². The molecule has 0 bridgehead atoms. The van der Waals surface area contributed by atoms with Crippen molar-refractivity contribution in [1.82, 2.24) is 0 Å². The second kappa shape index (κ2) is 43.5. The minimum absolute atomic E-state index is 0.413. The van der Waals surface area contributed by atoms with E-state index in [1.165, 1.54) is 0 Å². The minimum Gasteiger partial charge on any atom is -0.146 e. The predicted molar refractivity (Wildman–Crippen MR) is 275 cm³/mol. The van der Waals surface area contributed by atoms with Crippen LogP contribution in [-0.4, -0.2) is 80.9 Å². The standard InChI is InChI=1S/C6H12Cl4Si.C6H13Cl3Si.C5H11Cl3Si.C4H9Cl3Si.C3H7Cl3Si.C2H5Cl3Si/c7-3-1-5-11(9,10)6-2-4-8;1-2-5-10(8,9)6-3-4-7;1-9(7,8)5-3-2-4-6;1-8(6,7)4-2-3-5;1-7(5,6)3-2-4;1-6(4,5)2-3/h1-6H2;2-6H2,1H3;2-5H2,1H3;2-4H2,1H3;2-3H2,1H3;2H2,1H3. The molecule has 0 radical (unpaired) electrons. The highest BCUT2D eigenvalue weighted by Crippen LogP contribution is 2.29. The quantitative estimate of drug-likeness (QED) is 0.0465. The van der Waals surface area contributed by atoms with Crippen LogP contribution in [0.15, 0.2) is 0 Å². The molecule has 0 spiro atoms. The average Bonchev–Trinajstić information content (AvgIpc) is 2.97. The van der Waals surface area contributed by atoms with Crippen LogP contribution < -0.4 is 0 Å². The zero-order valence-electron chi connectivity index (χ0n) is 30.0. The van der Waals surface area contributed by atoms with E-state index in [1.54, 1.807) is 6.55 Å². The Labute approximate surface area is 409 Å². The number of hydrogen-bond acceptors (Lipinski definition) is 0. The molecule has 0 N–H and O–H groups in total. The van der Waals surface area contributed by atoms with Gasteiger partial charge in [0.05, 0.1) is 0 Å². The Hall–Kier alpha value is 6.81. The van der Waals surface area contributed by atoms with Crippen LogP contribution in [0.25, 0.3) is 0 Å². The Morgan fingerprint density at radius 3 is 0.725 bits per heavy atom. The van der Waals surface area contributed by atoms with Crippen LogP contribution in [0.3, 0.4) is 0 Å². The summed E-state index contributed by atoms with van der Waals surface area (Å²) >= 11 is 108. The molecule has 0 saturated carbocycles. The Balaban J connectivity index is -0.000000120. The third-order valence-corrected chi connectivity index (χ3v) is 26.7. The van der Waals surface area contributed by atoms with E-state index in [0.717, 1.165) is 93.1 Å². The maximum atomic E-state index is 6.08. The molecule has 0 heterocycles. The van der Waals surface area contributed by atoms with Crippen LogP contribution in [0.5, 0.6) is 0 Å². The van der Waals surface area contributed by atoms with E-state index in [-0.39, 0.29) is 0 Å². The van der Waals surface area contributed by atoms with Crippen LogP contribution in [0.1, 0.15) is 51.9 Å². The van der Waals surface area contributed by atoms with Gasteiger partial charge < -0.3 is 0 Å². The highest BCUT2D eigenvalue weighted by atomic mass is 35.7. The molecular weight excluding hydrogens is 1150 g/mol. The van der Waals surface area contributed by atoms with Crippen molar-refractivity contribution in [2.75, 3.05) is 40.8 Å². The van der Waals surface area contributed by atoms with E-state index in [9.17, 15) is 0 Å². The van der Waals surface area contributed by atoms with Gasteiger partial charge in [0, 0.05) is 40.8 Å². The van der Waals surface area contributed by atoms with Gasteiger partial charge in [0.15, 0.2) is 0 Å². The van der Waals surface area contributed by atoms with Gasteiger partial charge in [0.2, 0.25) is 20.1 Å². The average molecular weight is 1210 g/mol. The zero-order valence-corrected chi connectivity index (χ0v) is 50.4. The first-order valence-corrected chi connectivity index (χ1v) is 47.7. The van der Waals surface area contributed by atoms with E-state index in [1.807, 2.05) is 19.6 Å². The number of unbranched alkanes of at least 4 members (excludes halogenated alkanes) is 1. The molecule has 0 aromatic carbocycles. The Kier molecular flexibility index (Phi) is 59.2. The van der Waals surface area contributed by atoms with Gasteiger partial charge in [-0.3, -0.25) is 0 Å². The van der Waals surface area contributed by atoms with Gasteiger partial charge in [-0.15, -0.1) is 214 Å². The number of hydrogen-bond donors (Lipinski definition) is 0. The van der Waals surface area contributed by atoms with Crippen LogP contribution in [0.2, 0.25) is 68.5 Å². The molecular formula is C26H57Cl19Si6. The van der Waals surface area contributed by atoms with Crippen molar-refractivity contribution in [3.05, 3.63) is 0 Å². The normalized spacial score (nSPS) is 12.0. The predicted octanol–water partition coefficient (Wildman–Crippen LogP) is 19.9. The molecule has 0 nitrogen and oxygen atoms in total. The van der Waals surface area contributed by atoms with E-state index in [4.69, 9.17) is 214 Å². The van der Waals surface area contributed by atoms with Gasteiger partial charge >= 0.3 is 0 Å². The Morgan fingerprint density at radius 1 is 0.294 bits per heavy atom. The van der Waals surface area contributed by atoms with Gasteiger partial charge in [-0.25, -0.2) is 0 Å². The Morgan fingerprint density at radius 2 is 0.549 bits per heavy atom. The SMILES string of the molecule is CCC[Si](Cl)(Cl)CCCCl.C[Si](Cl)(Cl)CCCCCl.C[Si](Cl)(Cl)CCCCl.C[Si](Cl)(Cl)CCCl.C[Si](Cl)(Cl)CCl.ClCCC[Si](Cl)(Cl)CCCCl. The summed E-state index contributed by atoms with van der Waals surface area (Å²) in [5.74, 6) is 3.94. The molecule has 0 rings (SSSR count). The minimum atomic E-state index is -1.97. The third-order valence-electron chi connectivity index (χ3n) is 5.16. The topological polar surface area (TPSA) is 0 Å². The van der Waals surface area contributed by atoms with Crippen molar-refractivity contribution in [2.45, 2.75) is 120 Å². The third kappa shape index (κ3) is 88.9. The maximum absolute atomic E-state index is 6.08. The van der Waals surface area contributed by atoms with E-state index >= 15 is 0 Å². The lowest BCUT2D eigenvalue weighted by molar-refractivity contribution is 0.883. The summed E-state index contributed by atoms with van der Waals surface area (Å²) in [6, 6.07) is 6.34. The fourth-order valence-corrected chi connectivity index (χ4v) is 17.0. The largest absolute Gasteiger partial charge is 0.262 e. The van der Waals surface area contributed by atoms with E-state index < -0.39 is 40.2 Å². The molecule has 0 aliphatic heterocycles. The molecule has 25 heteroatoms. The summed E-state index contributed by atoms with van der Waals surface area (Å²) in [5.41, 5.74) is 0.413. The van der Waals surface area contributed by atoms with Crippen molar-refractivity contribution in [2.24, 2.45) is 0 Å². The highest BCUT2D eigenvalue weighted by molar-refractivity contribution is 7.47. The first-order chi connectivity index (χ1) is 23.0. The van der Waals surface area contributed by atoms with Crippen molar-refractivity contribution < 1.29 is 0 Å². The molecule has 0 aromatic heterocycles. The van der Waals surface area contributed by atoms with Crippen LogP contribution in [0.4, 0.5) is 0 Å². The first kappa shape index (κ1) is 69.5. The summed E-state index contributed by atoms with van der Waals surface area (Å²) in [4.78, 5) is 0. The molecule has 0 aliphatic carbocycles. The van der Waals surface area contributed by atoms with Crippen molar-refractivity contribution in [1.29, 1.82) is 0 Å². The van der Waals surface area contributed by atoms with E-state index in [0.29, 0.717) is 34.9 Å². The number of rotatable bonds is 21. The summed E-state index contributed by atoms with van der Waals surface area (Å²) in [7, 11) is 0. The molecule has 0 aromatic rings. The number of alkyl halides is 7. The molecule has 51 heavy (non-hydrogen) atoms. The lowest BCUT2D eigenvalue weighted by Gasteiger charge is -2.14. The summed E-state index contributed by atoms with van der Waals surface area (Å²) in [6.07, 6.45) is 6.93. The van der Waals surface area contributed by atoms with Gasteiger partial charge in [-0.2, -0.15) is 0 Å².